The number of hydrogen-bond donors (Lipinski definition) is 1. The number of rotatable bonds is 10. The summed E-state index contributed by atoms with van der Waals surface area (Å²) in [6, 6.07) is 15.2. The molecule has 4 nitrogen and oxygen atoms in total. The second kappa shape index (κ2) is 11.3. The monoisotopic (exact) mass is 395 g/mol. The van der Waals surface area contributed by atoms with Crippen LogP contribution in [-0.2, 0) is 4.79 Å². The zero-order valence-corrected chi connectivity index (χ0v) is 18.2. The van der Waals surface area contributed by atoms with E-state index in [9.17, 15) is 4.79 Å². The Balaban J connectivity index is 1.71. The third-order valence-corrected chi connectivity index (χ3v) is 6.31. The van der Waals surface area contributed by atoms with E-state index < -0.39 is 0 Å². The molecule has 1 amide bonds. The summed E-state index contributed by atoms with van der Waals surface area (Å²) < 4.78 is 0. The van der Waals surface area contributed by atoms with Crippen LogP contribution in [0, 0.1) is 0 Å². The Morgan fingerprint density at radius 3 is 2.52 bits per heavy atom. The highest BCUT2D eigenvalue weighted by Gasteiger charge is 2.19. The molecule has 1 unspecified atom stereocenters. The Morgan fingerprint density at radius 2 is 1.76 bits per heavy atom. The van der Waals surface area contributed by atoms with E-state index in [1.807, 2.05) is 0 Å². The second-order valence-electron chi connectivity index (χ2n) is 8.22. The molecule has 1 saturated heterocycles. The zero-order valence-electron chi connectivity index (χ0n) is 18.2. The molecule has 1 heterocycles. The summed E-state index contributed by atoms with van der Waals surface area (Å²) in [5, 5.41) is 5.83. The lowest BCUT2D eigenvalue weighted by Crippen LogP contribution is -2.39. The fourth-order valence-corrected chi connectivity index (χ4v) is 4.44. The van der Waals surface area contributed by atoms with E-state index in [4.69, 9.17) is 0 Å². The molecule has 1 atom stereocenters. The van der Waals surface area contributed by atoms with Gasteiger partial charge in [-0.3, -0.25) is 9.69 Å². The van der Waals surface area contributed by atoms with Crippen molar-refractivity contribution < 1.29 is 4.79 Å². The number of hydrogen-bond acceptors (Lipinski definition) is 3. The molecule has 1 aliphatic rings. The van der Waals surface area contributed by atoms with Crippen molar-refractivity contribution >= 4 is 16.7 Å². The van der Waals surface area contributed by atoms with Crippen molar-refractivity contribution in [1.29, 1.82) is 0 Å². The lowest BCUT2D eigenvalue weighted by molar-refractivity contribution is -0.122. The van der Waals surface area contributed by atoms with Crippen molar-refractivity contribution in [2.45, 2.75) is 45.4 Å². The first-order valence-electron chi connectivity index (χ1n) is 11.4. The average Bonchev–Trinajstić information content (AvgIpc) is 2.78. The Morgan fingerprint density at radius 1 is 1.03 bits per heavy atom. The number of piperidine rings is 1. The summed E-state index contributed by atoms with van der Waals surface area (Å²) in [7, 11) is 0. The van der Waals surface area contributed by atoms with Crippen LogP contribution < -0.4 is 5.32 Å². The molecule has 29 heavy (non-hydrogen) atoms. The van der Waals surface area contributed by atoms with Gasteiger partial charge in [0.1, 0.15) is 0 Å². The number of likely N-dealkylation sites (tertiary alicyclic amines) is 1. The Hall–Kier alpha value is -1.91. The summed E-state index contributed by atoms with van der Waals surface area (Å²) in [6.45, 7) is 10.8. The number of benzene rings is 2. The van der Waals surface area contributed by atoms with E-state index in [1.165, 1.54) is 48.7 Å². The SMILES string of the molecule is CCN(CC)CC(=O)NCC(CCN1CCCCC1)c1cccc2ccccc12. The van der Waals surface area contributed by atoms with Gasteiger partial charge in [-0.15, -0.1) is 0 Å². The molecule has 1 N–H and O–H groups in total. The topological polar surface area (TPSA) is 35.6 Å². The van der Waals surface area contributed by atoms with Crippen LogP contribution in [0.15, 0.2) is 42.5 Å². The normalized spacial score (nSPS) is 16.2. The van der Waals surface area contributed by atoms with Gasteiger partial charge in [0.15, 0.2) is 0 Å². The van der Waals surface area contributed by atoms with Gasteiger partial charge >= 0.3 is 0 Å². The number of carbonyl (C=O) groups is 1. The van der Waals surface area contributed by atoms with E-state index in [2.05, 4.69) is 71.4 Å². The number of amides is 1. The number of nitrogens with one attached hydrogen (secondary N) is 1. The van der Waals surface area contributed by atoms with Crippen LogP contribution in [0.25, 0.3) is 10.8 Å². The lowest BCUT2D eigenvalue weighted by Gasteiger charge is -2.29. The maximum atomic E-state index is 12.5. The molecule has 3 rings (SSSR count). The van der Waals surface area contributed by atoms with Crippen molar-refractivity contribution in [3.05, 3.63) is 48.0 Å². The van der Waals surface area contributed by atoms with Crippen LogP contribution in [-0.4, -0.2) is 61.5 Å². The maximum absolute atomic E-state index is 12.5. The molecule has 0 spiro atoms. The fourth-order valence-electron chi connectivity index (χ4n) is 4.44. The third-order valence-electron chi connectivity index (χ3n) is 6.31. The van der Waals surface area contributed by atoms with Crippen molar-refractivity contribution in [2.24, 2.45) is 0 Å². The Labute approximate surface area is 176 Å². The van der Waals surface area contributed by atoms with Gasteiger partial charge in [0, 0.05) is 12.5 Å². The highest BCUT2D eigenvalue weighted by molar-refractivity contribution is 5.86. The molecule has 0 radical (unpaired) electrons. The number of carbonyl (C=O) groups excluding carboxylic acids is 1. The van der Waals surface area contributed by atoms with E-state index in [1.54, 1.807) is 0 Å². The molecule has 158 valence electrons. The Bertz CT molecular complexity index is 760. The van der Waals surface area contributed by atoms with Gasteiger partial charge in [-0.1, -0.05) is 62.7 Å². The summed E-state index contributed by atoms with van der Waals surface area (Å²) in [5.41, 5.74) is 1.36. The predicted molar refractivity (Wildman–Crippen MR) is 122 cm³/mol. The molecule has 2 aromatic carbocycles. The molecule has 4 heteroatoms. The summed E-state index contributed by atoms with van der Waals surface area (Å²) in [6.07, 6.45) is 5.09. The molecule has 0 aromatic heterocycles. The molecule has 0 bridgehead atoms. The predicted octanol–water partition coefficient (Wildman–Crippen LogP) is 4.26. The minimum Gasteiger partial charge on any atom is -0.354 e. The lowest BCUT2D eigenvalue weighted by atomic mass is 9.90. The van der Waals surface area contributed by atoms with Crippen LogP contribution in [0.3, 0.4) is 0 Å². The van der Waals surface area contributed by atoms with E-state index in [0.717, 1.165) is 26.1 Å². The largest absolute Gasteiger partial charge is 0.354 e. The van der Waals surface area contributed by atoms with E-state index in [-0.39, 0.29) is 5.91 Å². The molecule has 1 fully saturated rings. The highest BCUT2D eigenvalue weighted by Crippen LogP contribution is 2.28. The van der Waals surface area contributed by atoms with Gasteiger partial charge in [0.2, 0.25) is 5.91 Å². The van der Waals surface area contributed by atoms with Crippen molar-refractivity contribution in [3.63, 3.8) is 0 Å². The van der Waals surface area contributed by atoms with Gasteiger partial charge in [0.25, 0.3) is 0 Å². The second-order valence-corrected chi connectivity index (χ2v) is 8.22. The van der Waals surface area contributed by atoms with Crippen molar-refractivity contribution in [3.8, 4) is 0 Å². The minimum absolute atomic E-state index is 0.136. The smallest absolute Gasteiger partial charge is 0.234 e. The first-order chi connectivity index (χ1) is 14.2. The van der Waals surface area contributed by atoms with Gasteiger partial charge in [-0.25, -0.2) is 0 Å². The average molecular weight is 396 g/mol. The number of likely N-dealkylation sites (N-methyl/N-ethyl adjacent to an activating group) is 1. The molecule has 0 saturated carbocycles. The van der Waals surface area contributed by atoms with Crippen molar-refractivity contribution in [1.82, 2.24) is 15.1 Å². The first-order valence-corrected chi connectivity index (χ1v) is 11.4. The van der Waals surface area contributed by atoms with Crippen LogP contribution in [0.5, 0.6) is 0 Å². The third kappa shape index (κ3) is 6.28. The van der Waals surface area contributed by atoms with Gasteiger partial charge in [0.05, 0.1) is 6.54 Å². The van der Waals surface area contributed by atoms with Crippen LogP contribution in [0.4, 0.5) is 0 Å². The number of nitrogens with zero attached hydrogens (tertiary/aromatic N) is 2. The van der Waals surface area contributed by atoms with Gasteiger partial charge < -0.3 is 10.2 Å². The molecule has 0 aliphatic carbocycles. The molecule has 1 aliphatic heterocycles. The van der Waals surface area contributed by atoms with Crippen molar-refractivity contribution in [2.75, 3.05) is 45.8 Å². The van der Waals surface area contributed by atoms with Gasteiger partial charge in [-0.05, 0) is 68.3 Å². The molecular formula is C25H37N3O. The van der Waals surface area contributed by atoms with E-state index in [0.29, 0.717) is 19.0 Å². The minimum atomic E-state index is 0.136. The van der Waals surface area contributed by atoms with Crippen LogP contribution in [0.2, 0.25) is 0 Å². The first kappa shape index (κ1) is 21.8. The summed E-state index contributed by atoms with van der Waals surface area (Å²) in [4.78, 5) is 17.3. The van der Waals surface area contributed by atoms with Crippen LogP contribution in [0.1, 0.15) is 51.0 Å². The van der Waals surface area contributed by atoms with Gasteiger partial charge in [-0.2, -0.15) is 0 Å². The molecular weight excluding hydrogens is 358 g/mol. The summed E-state index contributed by atoms with van der Waals surface area (Å²) in [5.74, 6) is 0.473. The van der Waals surface area contributed by atoms with Crippen LogP contribution >= 0.6 is 0 Å². The zero-order chi connectivity index (χ0) is 20.5. The quantitative estimate of drug-likeness (QED) is 0.653. The Kier molecular flexibility index (Phi) is 8.51. The summed E-state index contributed by atoms with van der Waals surface area (Å²) >= 11 is 0. The fraction of sp³-hybridized carbons (Fsp3) is 0.560. The maximum Gasteiger partial charge on any atom is 0.234 e. The molecule has 2 aromatic rings. The number of fused-ring (bicyclic) bond motifs is 1. The highest BCUT2D eigenvalue weighted by atomic mass is 16.2. The standard InChI is InChI=1S/C25H37N3O/c1-3-27(4-2)20-25(29)26-19-22(15-18-28-16-8-5-9-17-28)24-14-10-12-21-11-6-7-13-23(21)24/h6-7,10-14,22H,3-5,8-9,15-20H2,1-2H3,(H,26,29). The van der Waals surface area contributed by atoms with E-state index >= 15 is 0 Å².